The van der Waals surface area contributed by atoms with E-state index in [1.165, 1.54) is 25.7 Å². The first kappa shape index (κ1) is 15.7. The average molecular weight is 284 g/mol. The minimum absolute atomic E-state index is 0.0352. The zero-order valence-electron chi connectivity index (χ0n) is 12.7. The van der Waals surface area contributed by atoms with Crippen molar-refractivity contribution in [3.05, 3.63) is 0 Å². The highest BCUT2D eigenvalue weighted by molar-refractivity contribution is 5.82. The highest BCUT2D eigenvalue weighted by atomic mass is 16.7. The number of carbonyl (C=O) groups excluding carboxylic acids is 1. The van der Waals surface area contributed by atoms with Crippen LogP contribution in [0.2, 0.25) is 0 Å². The number of rotatable bonds is 7. The zero-order valence-corrected chi connectivity index (χ0v) is 12.7. The number of amides is 1. The van der Waals surface area contributed by atoms with Gasteiger partial charge < -0.3 is 20.1 Å². The van der Waals surface area contributed by atoms with Crippen LogP contribution in [0.1, 0.15) is 46.0 Å². The Hall–Kier alpha value is -0.650. The number of hydrogen-bond acceptors (Lipinski definition) is 4. The molecule has 2 fully saturated rings. The molecule has 0 spiro atoms. The van der Waals surface area contributed by atoms with Crippen molar-refractivity contribution in [2.75, 3.05) is 19.8 Å². The summed E-state index contributed by atoms with van der Waals surface area (Å²) in [6, 6.07) is 0.515. The van der Waals surface area contributed by atoms with Crippen molar-refractivity contribution >= 4 is 5.91 Å². The number of fused-ring (bicyclic) bond motifs is 1. The fourth-order valence-electron chi connectivity index (χ4n) is 3.37. The summed E-state index contributed by atoms with van der Waals surface area (Å²) >= 11 is 0. The van der Waals surface area contributed by atoms with Gasteiger partial charge in [0, 0.05) is 19.3 Å². The number of carbonyl (C=O) groups is 1. The second kappa shape index (κ2) is 7.96. The second-order valence-electron chi connectivity index (χ2n) is 5.69. The Balaban J connectivity index is 1.74. The summed E-state index contributed by atoms with van der Waals surface area (Å²) in [5.41, 5.74) is 0. The number of hydrogen-bond donors (Lipinski definition) is 2. The molecule has 5 nitrogen and oxygen atoms in total. The van der Waals surface area contributed by atoms with Gasteiger partial charge in [0.1, 0.15) is 0 Å². The van der Waals surface area contributed by atoms with Gasteiger partial charge in [-0.3, -0.25) is 4.79 Å². The Labute approximate surface area is 121 Å². The minimum Gasteiger partial charge on any atom is -0.351 e. The molecule has 2 N–H and O–H groups in total. The lowest BCUT2D eigenvalue weighted by molar-refractivity contribution is -0.141. The molecule has 2 rings (SSSR count). The smallest absolute Gasteiger partial charge is 0.237 e. The van der Waals surface area contributed by atoms with Gasteiger partial charge in [-0.15, -0.1) is 0 Å². The number of ether oxygens (including phenoxy) is 2. The fourth-order valence-corrected chi connectivity index (χ4v) is 3.37. The lowest BCUT2D eigenvalue weighted by Gasteiger charge is -2.24. The lowest BCUT2D eigenvalue weighted by atomic mass is 9.85. The van der Waals surface area contributed by atoms with Gasteiger partial charge >= 0.3 is 0 Å². The average Bonchev–Trinajstić information content (AvgIpc) is 2.89. The van der Waals surface area contributed by atoms with E-state index in [0.717, 1.165) is 6.42 Å². The predicted octanol–water partition coefficient (Wildman–Crippen LogP) is 1.42. The molecule has 1 saturated carbocycles. The Morgan fingerprint density at radius 1 is 1.25 bits per heavy atom. The van der Waals surface area contributed by atoms with Crippen LogP contribution in [0.5, 0.6) is 0 Å². The van der Waals surface area contributed by atoms with E-state index >= 15 is 0 Å². The van der Waals surface area contributed by atoms with Gasteiger partial charge in [0.15, 0.2) is 6.29 Å². The van der Waals surface area contributed by atoms with Crippen LogP contribution >= 0.6 is 0 Å². The van der Waals surface area contributed by atoms with Crippen molar-refractivity contribution in [1.29, 1.82) is 0 Å². The van der Waals surface area contributed by atoms with E-state index in [9.17, 15) is 4.79 Å². The molecule has 5 heteroatoms. The van der Waals surface area contributed by atoms with Crippen molar-refractivity contribution in [3.63, 3.8) is 0 Å². The first-order valence-corrected chi connectivity index (χ1v) is 8.01. The standard InChI is InChI=1S/C15H28N2O3/c1-3-19-14(20-4-2)10-16-15(18)13-9-11-7-5-6-8-12(11)17-13/h11-14,17H,3-10H2,1-2H3,(H,16,18). The first-order valence-electron chi connectivity index (χ1n) is 8.01. The SMILES string of the molecule is CCOC(CNC(=O)C1CC2CCCCC2N1)OCC. The molecule has 116 valence electrons. The molecule has 20 heavy (non-hydrogen) atoms. The molecule has 1 amide bonds. The Morgan fingerprint density at radius 3 is 2.60 bits per heavy atom. The van der Waals surface area contributed by atoms with Gasteiger partial charge in [-0.25, -0.2) is 0 Å². The summed E-state index contributed by atoms with van der Waals surface area (Å²) < 4.78 is 10.9. The molecule has 2 aliphatic rings. The van der Waals surface area contributed by atoms with Gasteiger partial charge in [0.25, 0.3) is 0 Å². The van der Waals surface area contributed by atoms with Crippen LogP contribution in [-0.4, -0.2) is 44.0 Å². The van der Waals surface area contributed by atoms with Gasteiger partial charge in [-0.2, -0.15) is 0 Å². The molecular formula is C15H28N2O3. The summed E-state index contributed by atoms with van der Waals surface area (Å²) in [4.78, 5) is 12.2. The van der Waals surface area contributed by atoms with E-state index in [0.29, 0.717) is 31.7 Å². The van der Waals surface area contributed by atoms with Crippen molar-refractivity contribution in [3.8, 4) is 0 Å². The third-order valence-corrected chi connectivity index (χ3v) is 4.33. The highest BCUT2D eigenvalue weighted by Gasteiger charge is 2.38. The van der Waals surface area contributed by atoms with E-state index in [4.69, 9.17) is 9.47 Å². The fraction of sp³-hybridized carbons (Fsp3) is 0.933. The van der Waals surface area contributed by atoms with Crippen molar-refractivity contribution in [2.45, 2.75) is 64.3 Å². The summed E-state index contributed by atoms with van der Waals surface area (Å²) in [6.07, 6.45) is 5.73. The molecule has 0 bridgehead atoms. The molecule has 0 aromatic rings. The maximum absolute atomic E-state index is 12.2. The van der Waals surface area contributed by atoms with Crippen LogP contribution in [-0.2, 0) is 14.3 Å². The Kier molecular flexibility index (Phi) is 6.26. The quantitative estimate of drug-likeness (QED) is 0.694. The summed E-state index contributed by atoms with van der Waals surface area (Å²) in [6.45, 7) is 5.46. The molecule has 3 atom stereocenters. The molecule has 1 aliphatic carbocycles. The van der Waals surface area contributed by atoms with Gasteiger partial charge in [-0.05, 0) is 39.0 Å². The van der Waals surface area contributed by atoms with Crippen LogP contribution in [0.4, 0.5) is 0 Å². The minimum atomic E-state index is -0.336. The second-order valence-corrected chi connectivity index (χ2v) is 5.69. The van der Waals surface area contributed by atoms with Gasteiger partial charge in [0.2, 0.25) is 5.91 Å². The van der Waals surface area contributed by atoms with E-state index in [2.05, 4.69) is 10.6 Å². The van der Waals surface area contributed by atoms with E-state index < -0.39 is 0 Å². The highest BCUT2D eigenvalue weighted by Crippen LogP contribution is 2.33. The molecule has 0 radical (unpaired) electrons. The maximum Gasteiger partial charge on any atom is 0.237 e. The molecule has 3 unspecified atom stereocenters. The third-order valence-electron chi connectivity index (χ3n) is 4.33. The molecule has 0 aromatic heterocycles. The maximum atomic E-state index is 12.2. The van der Waals surface area contributed by atoms with E-state index in [1.807, 2.05) is 13.8 Å². The summed E-state index contributed by atoms with van der Waals surface area (Å²) in [5.74, 6) is 0.776. The van der Waals surface area contributed by atoms with Crippen LogP contribution < -0.4 is 10.6 Å². The largest absolute Gasteiger partial charge is 0.351 e. The van der Waals surface area contributed by atoms with Crippen LogP contribution in [0.25, 0.3) is 0 Å². The molecule has 1 aliphatic heterocycles. The van der Waals surface area contributed by atoms with Gasteiger partial charge in [-0.1, -0.05) is 12.8 Å². The van der Waals surface area contributed by atoms with Crippen molar-refractivity contribution in [2.24, 2.45) is 5.92 Å². The number of nitrogens with one attached hydrogen (secondary N) is 2. The van der Waals surface area contributed by atoms with Crippen LogP contribution in [0.15, 0.2) is 0 Å². The van der Waals surface area contributed by atoms with E-state index in [-0.39, 0.29) is 18.2 Å². The summed E-state index contributed by atoms with van der Waals surface area (Å²) in [7, 11) is 0. The predicted molar refractivity (Wildman–Crippen MR) is 77.3 cm³/mol. The Bertz CT molecular complexity index is 291. The third kappa shape index (κ3) is 4.17. The van der Waals surface area contributed by atoms with Crippen molar-refractivity contribution in [1.82, 2.24) is 10.6 Å². The molecule has 1 heterocycles. The summed E-state index contributed by atoms with van der Waals surface area (Å²) in [5, 5.41) is 6.44. The van der Waals surface area contributed by atoms with Crippen molar-refractivity contribution < 1.29 is 14.3 Å². The monoisotopic (exact) mass is 284 g/mol. The normalized spacial score (nSPS) is 29.4. The lowest BCUT2D eigenvalue weighted by Crippen LogP contribution is -2.46. The molecule has 0 aromatic carbocycles. The van der Waals surface area contributed by atoms with Crippen LogP contribution in [0.3, 0.4) is 0 Å². The molecule has 1 saturated heterocycles. The zero-order chi connectivity index (χ0) is 14.4. The van der Waals surface area contributed by atoms with Gasteiger partial charge in [0.05, 0.1) is 12.6 Å². The van der Waals surface area contributed by atoms with Crippen LogP contribution in [0, 0.1) is 5.92 Å². The topological polar surface area (TPSA) is 59.6 Å². The molecular weight excluding hydrogens is 256 g/mol. The van der Waals surface area contributed by atoms with E-state index in [1.54, 1.807) is 0 Å². The Morgan fingerprint density at radius 2 is 1.95 bits per heavy atom. The first-order chi connectivity index (χ1) is 9.74.